The second kappa shape index (κ2) is 11.1. The van der Waals surface area contributed by atoms with Crippen molar-refractivity contribution in [3.8, 4) is 0 Å². The molecule has 3 amide bonds. The Balaban J connectivity index is 0.00000312. The van der Waals surface area contributed by atoms with E-state index in [2.05, 4.69) is 25.9 Å². The number of amides is 3. The van der Waals surface area contributed by atoms with Crippen LogP contribution in [0.4, 0.5) is 4.79 Å². The van der Waals surface area contributed by atoms with Crippen molar-refractivity contribution in [1.29, 1.82) is 0 Å². The van der Waals surface area contributed by atoms with Crippen molar-refractivity contribution in [2.45, 2.75) is 13.3 Å². The molecular weight excluding hydrogens is 459 g/mol. The first kappa shape index (κ1) is 21.4. The van der Waals surface area contributed by atoms with Gasteiger partial charge in [-0.3, -0.25) is 14.7 Å². The number of guanidine groups is 1. The van der Waals surface area contributed by atoms with Crippen LogP contribution in [0.25, 0.3) is 0 Å². The van der Waals surface area contributed by atoms with E-state index in [4.69, 9.17) is 11.6 Å². The molecule has 0 saturated carbocycles. The van der Waals surface area contributed by atoms with Gasteiger partial charge in [0.05, 0.1) is 6.54 Å². The number of hydrogen-bond acceptors (Lipinski definition) is 4. The zero-order chi connectivity index (χ0) is 17.4. The van der Waals surface area contributed by atoms with Gasteiger partial charge in [-0.1, -0.05) is 17.7 Å². The quantitative estimate of drug-likeness (QED) is 0.178. The molecule has 10 heteroatoms. The Bertz CT molecular complexity index is 595. The molecule has 0 bridgehead atoms. The molecule has 1 aliphatic rings. The number of aromatic nitrogens is 1. The zero-order valence-corrected chi connectivity index (χ0v) is 17.0. The maximum Gasteiger partial charge on any atom is 0.324 e. The SMILES string of the molecule is CCNC(=NCCc1ccc(Cl)nc1)NCCN1C(=O)CNC1=O.I. The predicted molar refractivity (Wildman–Crippen MR) is 107 cm³/mol. The molecule has 8 nitrogen and oxygen atoms in total. The minimum absolute atomic E-state index is 0. The van der Waals surface area contributed by atoms with Gasteiger partial charge >= 0.3 is 6.03 Å². The average molecular weight is 481 g/mol. The fourth-order valence-electron chi connectivity index (χ4n) is 2.16. The van der Waals surface area contributed by atoms with Crippen LogP contribution in [0, 0.1) is 0 Å². The van der Waals surface area contributed by atoms with Gasteiger partial charge in [0.15, 0.2) is 5.96 Å². The van der Waals surface area contributed by atoms with Crippen LogP contribution in [-0.4, -0.2) is 60.5 Å². The van der Waals surface area contributed by atoms with E-state index in [9.17, 15) is 9.59 Å². The van der Waals surface area contributed by atoms with Crippen LogP contribution >= 0.6 is 35.6 Å². The lowest BCUT2D eigenvalue weighted by molar-refractivity contribution is -0.124. The summed E-state index contributed by atoms with van der Waals surface area (Å²) in [6.45, 7) is 4.09. The Kier molecular flexibility index (Phi) is 9.50. The Morgan fingerprint density at radius 2 is 2.20 bits per heavy atom. The summed E-state index contributed by atoms with van der Waals surface area (Å²) >= 11 is 5.75. The van der Waals surface area contributed by atoms with E-state index < -0.39 is 0 Å². The van der Waals surface area contributed by atoms with Gasteiger partial charge in [-0.25, -0.2) is 9.78 Å². The second-order valence-corrected chi connectivity index (χ2v) is 5.52. The number of nitrogens with zero attached hydrogens (tertiary/aromatic N) is 3. The number of carbonyl (C=O) groups excluding carboxylic acids is 2. The summed E-state index contributed by atoms with van der Waals surface area (Å²) in [5.74, 6) is 0.436. The van der Waals surface area contributed by atoms with Crippen LogP contribution in [0.3, 0.4) is 0 Å². The summed E-state index contributed by atoms with van der Waals surface area (Å²) in [7, 11) is 0. The molecule has 138 valence electrons. The number of imide groups is 1. The summed E-state index contributed by atoms with van der Waals surface area (Å²) in [6, 6.07) is 3.32. The highest BCUT2D eigenvalue weighted by Crippen LogP contribution is 2.05. The minimum atomic E-state index is -0.348. The van der Waals surface area contributed by atoms with E-state index in [1.165, 1.54) is 4.90 Å². The fraction of sp³-hybridized carbons (Fsp3) is 0.467. The molecule has 0 aromatic carbocycles. The van der Waals surface area contributed by atoms with Crippen LogP contribution in [-0.2, 0) is 11.2 Å². The van der Waals surface area contributed by atoms with Gasteiger partial charge in [-0.15, -0.1) is 24.0 Å². The molecule has 1 aliphatic heterocycles. The highest BCUT2D eigenvalue weighted by atomic mass is 127. The van der Waals surface area contributed by atoms with Crippen LogP contribution in [0.5, 0.6) is 0 Å². The molecule has 3 N–H and O–H groups in total. The van der Waals surface area contributed by atoms with E-state index in [1.54, 1.807) is 12.3 Å². The highest BCUT2D eigenvalue weighted by molar-refractivity contribution is 14.0. The maximum atomic E-state index is 11.5. The molecule has 0 aliphatic carbocycles. The molecule has 1 aromatic heterocycles. The van der Waals surface area contributed by atoms with Crippen molar-refractivity contribution < 1.29 is 9.59 Å². The number of urea groups is 1. The number of rotatable bonds is 7. The number of pyridine rings is 1. The monoisotopic (exact) mass is 480 g/mol. The topological polar surface area (TPSA) is 98.7 Å². The number of nitrogens with one attached hydrogen (secondary N) is 3. The molecule has 0 atom stereocenters. The molecule has 25 heavy (non-hydrogen) atoms. The van der Waals surface area contributed by atoms with Crippen molar-refractivity contribution in [3.05, 3.63) is 29.0 Å². The first-order valence-corrected chi connectivity index (χ1v) is 8.18. The molecule has 0 radical (unpaired) electrons. The fourth-order valence-corrected chi connectivity index (χ4v) is 2.27. The third kappa shape index (κ3) is 7.02. The Morgan fingerprint density at radius 1 is 1.40 bits per heavy atom. The van der Waals surface area contributed by atoms with Crippen LogP contribution in [0.2, 0.25) is 5.15 Å². The van der Waals surface area contributed by atoms with Gasteiger partial charge < -0.3 is 16.0 Å². The van der Waals surface area contributed by atoms with Gasteiger partial charge in [0, 0.05) is 32.4 Å². The molecule has 0 spiro atoms. The van der Waals surface area contributed by atoms with E-state index >= 15 is 0 Å². The number of aliphatic imine (C=N–C) groups is 1. The molecule has 2 heterocycles. The third-order valence-corrected chi connectivity index (χ3v) is 3.59. The predicted octanol–water partition coefficient (Wildman–Crippen LogP) is 1.00. The van der Waals surface area contributed by atoms with E-state index in [0.717, 1.165) is 18.5 Å². The average Bonchev–Trinajstić information content (AvgIpc) is 2.88. The summed E-state index contributed by atoms with van der Waals surface area (Å²) in [5.41, 5.74) is 1.05. The normalized spacial score (nSPS) is 14.2. The smallest absolute Gasteiger partial charge is 0.324 e. The van der Waals surface area contributed by atoms with Gasteiger partial charge in [0.25, 0.3) is 0 Å². The summed E-state index contributed by atoms with van der Waals surface area (Å²) < 4.78 is 0. The molecule has 1 saturated heterocycles. The third-order valence-electron chi connectivity index (χ3n) is 3.37. The Hall–Kier alpha value is -1.62. The minimum Gasteiger partial charge on any atom is -0.357 e. The molecule has 2 rings (SSSR count). The van der Waals surface area contributed by atoms with Gasteiger partial charge in [0.2, 0.25) is 5.91 Å². The summed E-state index contributed by atoms with van der Waals surface area (Å²) in [6.07, 6.45) is 2.48. The lowest BCUT2D eigenvalue weighted by Crippen LogP contribution is -2.43. The number of hydrogen-bond donors (Lipinski definition) is 3. The van der Waals surface area contributed by atoms with Crippen LogP contribution < -0.4 is 16.0 Å². The van der Waals surface area contributed by atoms with Crippen molar-refractivity contribution in [2.75, 3.05) is 32.7 Å². The first-order chi connectivity index (χ1) is 11.6. The lowest BCUT2D eigenvalue weighted by atomic mass is 10.2. The van der Waals surface area contributed by atoms with Gasteiger partial charge in [0.1, 0.15) is 5.15 Å². The van der Waals surface area contributed by atoms with Gasteiger partial charge in [-0.05, 0) is 25.0 Å². The Morgan fingerprint density at radius 3 is 2.80 bits per heavy atom. The van der Waals surface area contributed by atoms with Crippen molar-refractivity contribution in [3.63, 3.8) is 0 Å². The van der Waals surface area contributed by atoms with Crippen molar-refractivity contribution >= 4 is 53.5 Å². The van der Waals surface area contributed by atoms with Gasteiger partial charge in [-0.2, -0.15) is 0 Å². The summed E-state index contributed by atoms with van der Waals surface area (Å²) in [4.78, 5) is 32.6. The molecule has 1 fully saturated rings. The highest BCUT2D eigenvalue weighted by Gasteiger charge is 2.27. The zero-order valence-electron chi connectivity index (χ0n) is 13.9. The van der Waals surface area contributed by atoms with Crippen molar-refractivity contribution in [2.24, 2.45) is 4.99 Å². The maximum absolute atomic E-state index is 11.5. The largest absolute Gasteiger partial charge is 0.357 e. The summed E-state index contributed by atoms with van der Waals surface area (Å²) in [5, 5.41) is 9.19. The van der Waals surface area contributed by atoms with E-state index in [1.807, 2.05) is 13.0 Å². The van der Waals surface area contributed by atoms with E-state index in [0.29, 0.717) is 30.7 Å². The second-order valence-electron chi connectivity index (χ2n) is 5.13. The number of halogens is 2. The number of carbonyl (C=O) groups is 2. The lowest BCUT2D eigenvalue weighted by Gasteiger charge is -2.15. The first-order valence-electron chi connectivity index (χ1n) is 7.81. The molecular formula is C15H22ClIN6O2. The van der Waals surface area contributed by atoms with Crippen LogP contribution in [0.15, 0.2) is 23.3 Å². The molecule has 0 unspecified atom stereocenters. The van der Waals surface area contributed by atoms with Crippen molar-refractivity contribution in [1.82, 2.24) is 25.8 Å². The van der Waals surface area contributed by atoms with E-state index in [-0.39, 0.29) is 42.5 Å². The standard InChI is InChI=1S/C15H21ClN6O2.HI/c1-2-17-14(18-6-5-11-3-4-12(16)20-9-11)19-7-8-22-13(23)10-21-15(22)24;/h3-4,9H,2,5-8,10H2,1H3,(H,21,24)(H2,17,18,19);1H. The Labute approximate surface area is 168 Å². The molecule has 1 aromatic rings. The van der Waals surface area contributed by atoms with Crippen LogP contribution in [0.1, 0.15) is 12.5 Å².